The molecule has 2 rings (SSSR count). The van der Waals surface area contributed by atoms with E-state index in [1.807, 2.05) is 14.0 Å². The fourth-order valence-electron chi connectivity index (χ4n) is 3.57. The minimum absolute atomic E-state index is 0.0659. The second-order valence-electron chi connectivity index (χ2n) is 6.17. The van der Waals surface area contributed by atoms with Gasteiger partial charge in [-0.3, -0.25) is 19.7 Å². The van der Waals surface area contributed by atoms with E-state index in [9.17, 15) is 9.90 Å². The minimum atomic E-state index is -0.716. The van der Waals surface area contributed by atoms with E-state index in [4.69, 9.17) is 0 Å². The number of hydrogen-bond donors (Lipinski definition) is 1. The maximum Gasteiger partial charge on any atom is 0.305 e. The lowest BCUT2D eigenvalue weighted by atomic mass is 9.77. The molecule has 1 atom stereocenters. The molecule has 21 heavy (non-hydrogen) atoms. The molecular formula is C16H25N3O2. The van der Waals surface area contributed by atoms with Crippen molar-refractivity contribution < 1.29 is 9.90 Å². The largest absolute Gasteiger partial charge is 0.481 e. The normalized spacial score (nSPS) is 19.4. The van der Waals surface area contributed by atoms with E-state index in [0.29, 0.717) is 0 Å². The first-order valence-corrected chi connectivity index (χ1v) is 7.68. The third kappa shape index (κ3) is 3.40. The molecule has 1 unspecified atom stereocenters. The van der Waals surface area contributed by atoms with Gasteiger partial charge in [0.2, 0.25) is 0 Å². The average molecular weight is 291 g/mol. The summed E-state index contributed by atoms with van der Waals surface area (Å²) < 4.78 is 0. The van der Waals surface area contributed by atoms with Crippen LogP contribution in [-0.2, 0) is 4.79 Å². The molecule has 1 heterocycles. The summed E-state index contributed by atoms with van der Waals surface area (Å²) in [4.78, 5) is 22.3. The van der Waals surface area contributed by atoms with Gasteiger partial charge in [0, 0.05) is 17.9 Å². The molecule has 0 spiro atoms. The summed E-state index contributed by atoms with van der Waals surface area (Å²) in [7, 11) is 2.03. The van der Waals surface area contributed by atoms with Crippen molar-refractivity contribution in [2.24, 2.45) is 0 Å². The fraction of sp³-hybridized carbons (Fsp3) is 0.688. The van der Waals surface area contributed by atoms with Crippen molar-refractivity contribution in [2.45, 2.75) is 64.0 Å². The molecule has 0 radical (unpaired) electrons. The van der Waals surface area contributed by atoms with Crippen LogP contribution in [-0.4, -0.2) is 38.5 Å². The monoisotopic (exact) mass is 291 g/mol. The zero-order valence-electron chi connectivity index (χ0n) is 13.2. The maximum absolute atomic E-state index is 11.3. The first-order valence-electron chi connectivity index (χ1n) is 7.68. The van der Waals surface area contributed by atoms with Gasteiger partial charge in [-0.1, -0.05) is 19.3 Å². The first kappa shape index (κ1) is 15.9. The SMILES string of the molecule is Cc1nccnc1C(C)N(C)C1(CC(=O)O)CCCCC1. The Balaban J connectivity index is 2.27. The molecule has 0 aliphatic heterocycles. The molecule has 1 N–H and O–H groups in total. The van der Waals surface area contributed by atoms with Gasteiger partial charge in [-0.2, -0.15) is 0 Å². The highest BCUT2D eigenvalue weighted by molar-refractivity contribution is 5.68. The van der Waals surface area contributed by atoms with E-state index < -0.39 is 5.97 Å². The minimum Gasteiger partial charge on any atom is -0.481 e. The number of carboxylic acid groups (broad SMARTS) is 1. The van der Waals surface area contributed by atoms with E-state index in [1.54, 1.807) is 12.4 Å². The number of carboxylic acids is 1. The molecule has 0 bridgehead atoms. The van der Waals surface area contributed by atoms with Gasteiger partial charge in [0.05, 0.1) is 23.9 Å². The number of hydrogen-bond acceptors (Lipinski definition) is 4. The molecule has 116 valence electrons. The van der Waals surface area contributed by atoms with Crippen LogP contribution in [0.5, 0.6) is 0 Å². The van der Waals surface area contributed by atoms with Gasteiger partial charge >= 0.3 is 5.97 Å². The molecule has 1 fully saturated rings. The molecule has 1 aliphatic carbocycles. The van der Waals surface area contributed by atoms with Gasteiger partial charge < -0.3 is 5.11 Å². The summed E-state index contributed by atoms with van der Waals surface area (Å²) in [6.45, 7) is 4.05. The number of aryl methyl sites for hydroxylation is 1. The molecule has 5 heteroatoms. The molecular weight excluding hydrogens is 266 g/mol. The van der Waals surface area contributed by atoms with Crippen molar-refractivity contribution in [1.82, 2.24) is 14.9 Å². The van der Waals surface area contributed by atoms with Gasteiger partial charge in [-0.25, -0.2) is 0 Å². The molecule has 0 saturated heterocycles. The van der Waals surface area contributed by atoms with Crippen LogP contribution in [0.4, 0.5) is 0 Å². The Morgan fingerprint density at radius 1 is 1.33 bits per heavy atom. The Morgan fingerprint density at radius 2 is 1.95 bits per heavy atom. The van der Waals surface area contributed by atoms with Crippen LogP contribution in [0.25, 0.3) is 0 Å². The van der Waals surface area contributed by atoms with Crippen molar-refractivity contribution in [3.63, 3.8) is 0 Å². The molecule has 0 amide bonds. The Hall–Kier alpha value is -1.49. The summed E-state index contributed by atoms with van der Waals surface area (Å²) in [5.74, 6) is -0.716. The van der Waals surface area contributed by atoms with Gasteiger partial charge in [0.1, 0.15) is 0 Å². The lowest BCUT2D eigenvalue weighted by Gasteiger charge is -2.46. The van der Waals surface area contributed by atoms with Crippen LogP contribution < -0.4 is 0 Å². The van der Waals surface area contributed by atoms with E-state index >= 15 is 0 Å². The summed E-state index contributed by atoms with van der Waals surface area (Å²) in [6.07, 6.45) is 8.89. The third-order valence-corrected chi connectivity index (χ3v) is 4.91. The van der Waals surface area contributed by atoms with Crippen LogP contribution in [0.3, 0.4) is 0 Å². The standard InChI is InChI=1S/C16H25N3O2/c1-12-15(18-10-9-17-12)13(2)19(3)16(11-14(20)21)7-5-4-6-8-16/h9-10,13H,4-8,11H2,1-3H3,(H,20,21). The van der Waals surface area contributed by atoms with Crippen LogP contribution in [0.15, 0.2) is 12.4 Å². The highest BCUT2D eigenvalue weighted by Crippen LogP contribution is 2.40. The van der Waals surface area contributed by atoms with Gasteiger partial charge in [0.25, 0.3) is 0 Å². The maximum atomic E-state index is 11.3. The lowest BCUT2D eigenvalue weighted by molar-refractivity contribution is -0.141. The van der Waals surface area contributed by atoms with Crippen molar-refractivity contribution in [3.8, 4) is 0 Å². The molecule has 1 saturated carbocycles. The van der Waals surface area contributed by atoms with Crippen molar-refractivity contribution >= 4 is 5.97 Å². The Kier molecular flexibility index (Phi) is 4.93. The van der Waals surface area contributed by atoms with E-state index in [1.165, 1.54) is 6.42 Å². The summed E-state index contributed by atoms with van der Waals surface area (Å²) >= 11 is 0. The Morgan fingerprint density at radius 3 is 2.52 bits per heavy atom. The highest BCUT2D eigenvalue weighted by atomic mass is 16.4. The molecule has 1 aromatic rings. The number of carbonyl (C=O) groups is 1. The molecule has 1 aromatic heterocycles. The molecule has 1 aliphatic rings. The summed E-state index contributed by atoms with van der Waals surface area (Å²) in [5.41, 5.74) is 1.60. The Bertz CT molecular complexity index is 498. The van der Waals surface area contributed by atoms with Crippen molar-refractivity contribution in [2.75, 3.05) is 7.05 Å². The fourth-order valence-corrected chi connectivity index (χ4v) is 3.57. The zero-order chi connectivity index (χ0) is 15.5. The van der Waals surface area contributed by atoms with Gasteiger partial charge in [-0.05, 0) is 33.7 Å². The number of aromatic nitrogens is 2. The predicted molar refractivity (Wildman–Crippen MR) is 81.0 cm³/mol. The number of aliphatic carboxylic acids is 1. The van der Waals surface area contributed by atoms with Crippen LogP contribution in [0.1, 0.15) is 62.9 Å². The quantitative estimate of drug-likeness (QED) is 0.903. The third-order valence-electron chi connectivity index (χ3n) is 4.91. The Labute approximate surface area is 126 Å². The van der Waals surface area contributed by atoms with Crippen LogP contribution >= 0.6 is 0 Å². The predicted octanol–water partition coefficient (Wildman–Crippen LogP) is 2.96. The molecule has 0 aromatic carbocycles. The number of rotatable bonds is 5. The first-order chi connectivity index (χ1) is 9.96. The van der Waals surface area contributed by atoms with E-state index in [0.717, 1.165) is 37.1 Å². The van der Waals surface area contributed by atoms with Gasteiger partial charge in [-0.15, -0.1) is 0 Å². The lowest BCUT2D eigenvalue weighted by Crippen LogP contribution is -2.50. The zero-order valence-corrected chi connectivity index (χ0v) is 13.2. The summed E-state index contributed by atoms with van der Waals surface area (Å²) in [6, 6.07) is 0.0659. The average Bonchev–Trinajstić information content (AvgIpc) is 2.46. The number of nitrogens with zero attached hydrogens (tertiary/aromatic N) is 3. The second-order valence-corrected chi connectivity index (χ2v) is 6.17. The highest BCUT2D eigenvalue weighted by Gasteiger charge is 2.40. The van der Waals surface area contributed by atoms with E-state index in [-0.39, 0.29) is 18.0 Å². The summed E-state index contributed by atoms with van der Waals surface area (Å²) in [5, 5.41) is 9.33. The van der Waals surface area contributed by atoms with Crippen LogP contribution in [0, 0.1) is 6.92 Å². The van der Waals surface area contributed by atoms with E-state index in [2.05, 4.69) is 21.8 Å². The van der Waals surface area contributed by atoms with Gasteiger partial charge in [0.15, 0.2) is 0 Å². The second kappa shape index (κ2) is 6.52. The van der Waals surface area contributed by atoms with Crippen molar-refractivity contribution in [3.05, 3.63) is 23.8 Å². The molecule has 5 nitrogen and oxygen atoms in total. The van der Waals surface area contributed by atoms with Crippen LogP contribution in [0.2, 0.25) is 0 Å². The van der Waals surface area contributed by atoms with Crippen molar-refractivity contribution in [1.29, 1.82) is 0 Å². The smallest absolute Gasteiger partial charge is 0.305 e. The topological polar surface area (TPSA) is 66.3 Å².